The van der Waals surface area contributed by atoms with Gasteiger partial charge >= 0.3 is 0 Å². The molecule has 5 nitrogen and oxygen atoms in total. The maximum atomic E-state index is 12.2. The van der Waals surface area contributed by atoms with Crippen LogP contribution in [0.25, 0.3) is 0 Å². The van der Waals surface area contributed by atoms with Crippen molar-refractivity contribution in [2.45, 2.75) is 51.5 Å². The molecular weight excluding hydrogens is 260 g/mol. The summed E-state index contributed by atoms with van der Waals surface area (Å²) in [5, 5.41) is 6.89. The van der Waals surface area contributed by atoms with Crippen molar-refractivity contribution in [2.24, 2.45) is 0 Å². The first-order chi connectivity index (χ1) is 9.20. The number of nitrogen functional groups attached to an aromatic ring is 1. The minimum absolute atomic E-state index is 0.0777. The molecule has 1 aliphatic rings. The van der Waals surface area contributed by atoms with E-state index in [0.29, 0.717) is 21.9 Å². The fourth-order valence-electron chi connectivity index (χ4n) is 2.40. The van der Waals surface area contributed by atoms with Crippen molar-refractivity contribution in [3.8, 4) is 0 Å². The van der Waals surface area contributed by atoms with Crippen molar-refractivity contribution in [1.82, 2.24) is 10.3 Å². The van der Waals surface area contributed by atoms with Crippen LogP contribution >= 0.6 is 11.3 Å². The number of aromatic nitrogens is 1. The standard InChI is InChI=1S/C13H22N4OS/c1-2-15-13-17-11(14)10(19-13)12(18)16-9-7-5-3-4-6-8-9/h9H,2-8,14H2,1H3,(H,15,17)(H,16,18). The number of hydrogen-bond acceptors (Lipinski definition) is 5. The largest absolute Gasteiger partial charge is 0.382 e. The molecule has 0 spiro atoms. The molecule has 2 rings (SSSR count). The number of hydrogen-bond donors (Lipinski definition) is 3. The minimum atomic E-state index is -0.0777. The summed E-state index contributed by atoms with van der Waals surface area (Å²) in [5.74, 6) is 0.248. The number of nitrogens with zero attached hydrogens (tertiary/aromatic N) is 1. The molecule has 106 valence electrons. The first kappa shape index (κ1) is 14.1. The summed E-state index contributed by atoms with van der Waals surface area (Å²) in [6.45, 7) is 2.76. The van der Waals surface area contributed by atoms with Crippen molar-refractivity contribution in [3.63, 3.8) is 0 Å². The van der Waals surface area contributed by atoms with E-state index in [2.05, 4.69) is 15.6 Å². The van der Waals surface area contributed by atoms with Gasteiger partial charge in [0.25, 0.3) is 5.91 Å². The van der Waals surface area contributed by atoms with E-state index in [4.69, 9.17) is 5.73 Å². The molecule has 0 atom stereocenters. The van der Waals surface area contributed by atoms with Crippen LogP contribution in [-0.4, -0.2) is 23.5 Å². The van der Waals surface area contributed by atoms with E-state index in [0.717, 1.165) is 19.4 Å². The van der Waals surface area contributed by atoms with Crippen molar-refractivity contribution in [2.75, 3.05) is 17.6 Å². The lowest BCUT2D eigenvalue weighted by molar-refractivity contribution is 0.0938. The molecule has 1 fully saturated rings. The monoisotopic (exact) mass is 282 g/mol. The summed E-state index contributed by atoms with van der Waals surface area (Å²) >= 11 is 1.33. The van der Waals surface area contributed by atoms with Gasteiger partial charge in [0.05, 0.1) is 0 Å². The molecule has 1 aromatic rings. The van der Waals surface area contributed by atoms with Crippen LogP contribution in [0.5, 0.6) is 0 Å². The Kier molecular flexibility index (Phi) is 5.01. The zero-order chi connectivity index (χ0) is 13.7. The Balaban J connectivity index is 1.98. The Morgan fingerprint density at radius 1 is 1.37 bits per heavy atom. The van der Waals surface area contributed by atoms with Crippen LogP contribution in [0.15, 0.2) is 0 Å². The number of carbonyl (C=O) groups is 1. The summed E-state index contributed by atoms with van der Waals surface area (Å²) in [7, 11) is 0. The average Bonchev–Trinajstić information content (AvgIpc) is 2.60. The molecule has 0 radical (unpaired) electrons. The van der Waals surface area contributed by atoms with E-state index in [9.17, 15) is 4.79 Å². The van der Waals surface area contributed by atoms with Crippen molar-refractivity contribution < 1.29 is 4.79 Å². The van der Waals surface area contributed by atoms with Gasteiger partial charge < -0.3 is 16.4 Å². The van der Waals surface area contributed by atoms with E-state index >= 15 is 0 Å². The van der Waals surface area contributed by atoms with E-state index in [1.807, 2.05) is 6.92 Å². The summed E-state index contributed by atoms with van der Waals surface area (Å²) in [6, 6.07) is 0.291. The highest BCUT2D eigenvalue weighted by Gasteiger charge is 2.20. The number of amides is 1. The summed E-state index contributed by atoms with van der Waals surface area (Å²) in [4.78, 5) is 16.9. The quantitative estimate of drug-likeness (QED) is 0.742. The van der Waals surface area contributed by atoms with Gasteiger partial charge in [0.1, 0.15) is 10.7 Å². The number of rotatable bonds is 4. The Hall–Kier alpha value is -1.30. The van der Waals surface area contributed by atoms with E-state index in [1.54, 1.807) is 0 Å². The first-order valence-corrected chi connectivity index (χ1v) is 7.83. The van der Waals surface area contributed by atoms with Gasteiger partial charge in [-0.15, -0.1) is 0 Å². The van der Waals surface area contributed by atoms with Crippen molar-refractivity contribution in [3.05, 3.63) is 4.88 Å². The Morgan fingerprint density at radius 3 is 2.68 bits per heavy atom. The molecule has 0 aromatic carbocycles. The first-order valence-electron chi connectivity index (χ1n) is 7.01. The molecule has 1 aromatic heterocycles. The zero-order valence-corrected chi connectivity index (χ0v) is 12.2. The number of nitrogens with two attached hydrogens (primary N) is 1. The van der Waals surface area contributed by atoms with Gasteiger partial charge in [-0.05, 0) is 19.8 Å². The second-order valence-electron chi connectivity index (χ2n) is 4.93. The second kappa shape index (κ2) is 6.75. The molecule has 1 saturated carbocycles. The fourth-order valence-corrected chi connectivity index (χ4v) is 3.25. The van der Waals surface area contributed by atoms with Gasteiger partial charge in [0.2, 0.25) is 0 Å². The van der Waals surface area contributed by atoms with Crippen LogP contribution in [0.3, 0.4) is 0 Å². The van der Waals surface area contributed by atoms with E-state index < -0.39 is 0 Å². The Labute approximate surface area is 118 Å². The number of anilines is 2. The van der Waals surface area contributed by atoms with Crippen LogP contribution in [0, 0.1) is 0 Å². The Bertz CT molecular complexity index is 424. The molecule has 0 bridgehead atoms. The van der Waals surface area contributed by atoms with Gasteiger partial charge in [-0.1, -0.05) is 37.0 Å². The highest BCUT2D eigenvalue weighted by Crippen LogP contribution is 2.25. The predicted octanol–water partition coefficient (Wildman–Crippen LogP) is 2.61. The van der Waals surface area contributed by atoms with Crippen LogP contribution < -0.4 is 16.4 Å². The molecule has 1 amide bonds. The number of nitrogens with one attached hydrogen (secondary N) is 2. The lowest BCUT2D eigenvalue weighted by atomic mass is 10.1. The fraction of sp³-hybridized carbons (Fsp3) is 0.692. The highest BCUT2D eigenvalue weighted by atomic mass is 32.1. The smallest absolute Gasteiger partial charge is 0.265 e. The van der Waals surface area contributed by atoms with Crippen LogP contribution in [-0.2, 0) is 0 Å². The second-order valence-corrected chi connectivity index (χ2v) is 5.92. The van der Waals surface area contributed by atoms with Gasteiger partial charge in [0.15, 0.2) is 5.13 Å². The van der Waals surface area contributed by atoms with E-state index in [-0.39, 0.29) is 5.91 Å². The SMILES string of the molecule is CCNc1nc(N)c(C(=O)NC2CCCCCC2)s1. The Morgan fingerprint density at radius 2 is 2.05 bits per heavy atom. The number of thiazole rings is 1. The zero-order valence-electron chi connectivity index (χ0n) is 11.4. The van der Waals surface area contributed by atoms with E-state index in [1.165, 1.54) is 37.0 Å². The molecule has 0 unspecified atom stereocenters. The highest BCUT2D eigenvalue weighted by molar-refractivity contribution is 7.18. The lowest BCUT2D eigenvalue weighted by Crippen LogP contribution is -2.34. The van der Waals surface area contributed by atoms with Crippen LogP contribution in [0.4, 0.5) is 10.9 Å². The summed E-state index contributed by atoms with van der Waals surface area (Å²) in [6.07, 6.45) is 7.10. The molecule has 0 aliphatic heterocycles. The number of carbonyl (C=O) groups excluding carboxylic acids is 1. The molecule has 6 heteroatoms. The third kappa shape index (κ3) is 3.83. The van der Waals surface area contributed by atoms with Gasteiger partial charge in [0, 0.05) is 12.6 Å². The summed E-state index contributed by atoms with van der Waals surface area (Å²) < 4.78 is 0. The molecule has 4 N–H and O–H groups in total. The van der Waals surface area contributed by atoms with Crippen molar-refractivity contribution >= 4 is 28.2 Å². The van der Waals surface area contributed by atoms with Gasteiger partial charge in [-0.3, -0.25) is 4.79 Å². The van der Waals surface area contributed by atoms with Crippen molar-refractivity contribution in [1.29, 1.82) is 0 Å². The maximum absolute atomic E-state index is 12.2. The topological polar surface area (TPSA) is 80.0 Å². The molecule has 0 saturated heterocycles. The third-order valence-electron chi connectivity index (χ3n) is 3.38. The third-order valence-corrected chi connectivity index (χ3v) is 4.41. The van der Waals surface area contributed by atoms with Gasteiger partial charge in [-0.2, -0.15) is 0 Å². The molecule has 1 aliphatic carbocycles. The molecule has 19 heavy (non-hydrogen) atoms. The van der Waals surface area contributed by atoms with Crippen LogP contribution in [0.1, 0.15) is 55.1 Å². The average molecular weight is 282 g/mol. The maximum Gasteiger partial charge on any atom is 0.265 e. The minimum Gasteiger partial charge on any atom is -0.382 e. The van der Waals surface area contributed by atoms with Gasteiger partial charge in [-0.25, -0.2) is 4.98 Å². The predicted molar refractivity (Wildman–Crippen MR) is 79.6 cm³/mol. The summed E-state index contributed by atoms with van der Waals surface area (Å²) in [5.41, 5.74) is 5.81. The molecule has 1 heterocycles. The normalized spacial score (nSPS) is 16.9. The van der Waals surface area contributed by atoms with Crippen LogP contribution in [0.2, 0.25) is 0 Å². The lowest BCUT2D eigenvalue weighted by Gasteiger charge is -2.15. The molecular formula is C13H22N4OS.